The minimum absolute atomic E-state index is 0.0217. The number of amidine groups is 1. The van der Waals surface area contributed by atoms with E-state index in [1.807, 2.05) is 36.4 Å². The molecule has 0 saturated carbocycles. The van der Waals surface area contributed by atoms with Gasteiger partial charge in [-0.15, -0.1) is 4.99 Å². The van der Waals surface area contributed by atoms with Crippen LogP contribution in [-0.4, -0.2) is 12.6 Å². The summed E-state index contributed by atoms with van der Waals surface area (Å²) in [4.78, 5) is 8.82. The molecular formula is C17H17N3O2. The molecule has 0 spiro atoms. The third-order valence-electron chi connectivity index (χ3n) is 2.82. The Morgan fingerprint density at radius 3 is 2.41 bits per heavy atom. The average molecular weight is 295 g/mol. The number of benzene rings is 2. The second kappa shape index (κ2) is 9.16. The summed E-state index contributed by atoms with van der Waals surface area (Å²) in [5, 5.41) is 8.65. The SMILES string of the molecule is N#CN=C(NOCCCc1ccccc1)Oc1ccccc1. The van der Waals surface area contributed by atoms with Crippen molar-refractivity contribution >= 4 is 6.02 Å². The second-order valence-electron chi connectivity index (χ2n) is 4.47. The van der Waals surface area contributed by atoms with Gasteiger partial charge in [0.05, 0.1) is 6.61 Å². The predicted octanol–water partition coefficient (Wildman–Crippen LogP) is 3.06. The van der Waals surface area contributed by atoms with E-state index in [0.717, 1.165) is 12.8 Å². The topological polar surface area (TPSA) is 66.6 Å². The van der Waals surface area contributed by atoms with Gasteiger partial charge in [0.2, 0.25) is 6.19 Å². The van der Waals surface area contributed by atoms with E-state index in [9.17, 15) is 0 Å². The first-order valence-corrected chi connectivity index (χ1v) is 7.00. The Morgan fingerprint density at radius 1 is 1.05 bits per heavy atom. The first-order chi connectivity index (χ1) is 10.9. The van der Waals surface area contributed by atoms with Crippen LogP contribution in [0.4, 0.5) is 0 Å². The molecule has 0 bridgehead atoms. The summed E-state index contributed by atoms with van der Waals surface area (Å²) in [6, 6.07) is 19.3. The monoisotopic (exact) mass is 295 g/mol. The van der Waals surface area contributed by atoms with Crippen molar-refractivity contribution in [3.05, 3.63) is 66.2 Å². The molecule has 0 heterocycles. The standard InChI is InChI=1S/C17H17N3O2/c18-14-19-17(22-16-11-5-2-6-12-16)20-21-13-7-10-15-8-3-1-4-9-15/h1-6,8-9,11-12H,7,10,13H2,(H,19,20). The highest BCUT2D eigenvalue weighted by Gasteiger charge is 2.02. The number of ether oxygens (including phenoxy) is 1. The third-order valence-corrected chi connectivity index (χ3v) is 2.82. The van der Waals surface area contributed by atoms with Crippen LogP contribution >= 0.6 is 0 Å². The maximum Gasteiger partial charge on any atom is 0.330 e. The Morgan fingerprint density at radius 2 is 1.73 bits per heavy atom. The number of para-hydroxylation sites is 1. The molecule has 0 aliphatic heterocycles. The smallest absolute Gasteiger partial charge is 0.330 e. The molecule has 5 heteroatoms. The van der Waals surface area contributed by atoms with Crippen LogP contribution in [0.5, 0.6) is 5.75 Å². The van der Waals surface area contributed by atoms with Crippen molar-refractivity contribution in [3.63, 3.8) is 0 Å². The number of nitriles is 1. The lowest BCUT2D eigenvalue weighted by atomic mass is 10.1. The minimum atomic E-state index is 0.0217. The van der Waals surface area contributed by atoms with E-state index in [1.54, 1.807) is 18.3 Å². The van der Waals surface area contributed by atoms with Crippen molar-refractivity contribution in [1.29, 1.82) is 5.26 Å². The molecule has 0 saturated heterocycles. The molecule has 0 unspecified atom stereocenters. The third kappa shape index (κ3) is 5.65. The summed E-state index contributed by atoms with van der Waals surface area (Å²) >= 11 is 0. The number of nitrogens with one attached hydrogen (secondary N) is 1. The van der Waals surface area contributed by atoms with Crippen LogP contribution < -0.4 is 10.2 Å². The van der Waals surface area contributed by atoms with Gasteiger partial charge in [-0.3, -0.25) is 4.84 Å². The number of hydrogen-bond acceptors (Lipinski definition) is 4. The van der Waals surface area contributed by atoms with Crippen LogP contribution in [0.1, 0.15) is 12.0 Å². The van der Waals surface area contributed by atoms with Crippen LogP contribution in [0, 0.1) is 11.5 Å². The number of hydrogen-bond donors (Lipinski definition) is 1. The Kier molecular flexibility index (Phi) is 6.47. The van der Waals surface area contributed by atoms with Crippen molar-refractivity contribution < 1.29 is 9.57 Å². The van der Waals surface area contributed by atoms with E-state index in [2.05, 4.69) is 22.6 Å². The Labute approximate surface area is 129 Å². The van der Waals surface area contributed by atoms with Crippen molar-refractivity contribution in [3.8, 4) is 11.9 Å². The molecule has 0 amide bonds. The lowest BCUT2D eigenvalue weighted by Crippen LogP contribution is -2.29. The van der Waals surface area contributed by atoms with Crippen LogP contribution in [0.2, 0.25) is 0 Å². The van der Waals surface area contributed by atoms with Gasteiger partial charge < -0.3 is 4.74 Å². The van der Waals surface area contributed by atoms with Crippen molar-refractivity contribution in [2.45, 2.75) is 12.8 Å². The quantitative estimate of drug-likeness (QED) is 0.292. The molecule has 22 heavy (non-hydrogen) atoms. The summed E-state index contributed by atoms with van der Waals surface area (Å²) in [5.74, 6) is 0.580. The molecule has 0 atom stereocenters. The lowest BCUT2D eigenvalue weighted by molar-refractivity contribution is 0.0726. The fourth-order valence-corrected chi connectivity index (χ4v) is 1.82. The molecule has 5 nitrogen and oxygen atoms in total. The van der Waals surface area contributed by atoms with E-state index < -0.39 is 0 Å². The number of aliphatic imine (C=N–C) groups is 1. The van der Waals surface area contributed by atoms with Crippen LogP contribution in [0.3, 0.4) is 0 Å². The summed E-state index contributed by atoms with van der Waals surface area (Å²) in [6.07, 6.45) is 3.45. The van der Waals surface area contributed by atoms with Gasteiger partial charge in [-0.1, -0.05) is 48.5 Å². The first-order valence-electron chi connectivity index (χ1n) is 7.00. The van der Waals surface area contributed by atoms with E-state index in [4.69, 9.17) is 14.8 Å². The molecular weight excluding hydrogens is 278 g/mol. The largest absolute Gasteiger partial charge is 0.424 e. The first kappa shape index (κ1) is 15.5. The molecule has 0 aromatic heterocycles. The Hall–Kier alpha value is -2.84. The minimum Gasteiger partial charge on any atom is -0.424 e. The number of hydroxylamine groups is 1. The van der Waals surface area contributed by atoms with Crippen molar-refractivity contribution in [2.24, 2.45) is 4.99 Å². The zero-order valence-electron chi connectivity index (χ0n) is 12.1. The van der Waals surface area contributed by atoms with E-state index in [1.165, 1.54) is 5.56 Å². The summed E-state index contributed by atoms with van der Waals surface area (Å²) in [5.41, 5.74) is 3.82. The Bertz CT molecular complexity index is 621. The van der Waals surface area contributed by atoms with Crippen LogP contribution in [0.25, 0.3) is 0 Å². The average Bonchev–Trinajstić information content (AvgIpc) is 2.56. The zero-order valence-corrected chi connectivity index (χ0v) is 12.1. The number of nitrogens with zero attached hydrogens (tertiary/aromatic N) is 2. The zero-order chi connectivity index (χ0) is 15.5. The molecule has 112 valence electrons. The van der Waals surface area contributed by atoms with Gasteiger partial charge in [0.25, 0.3) is 0 Å². The van der Waals surface area contributed by atoms with Gasteiger partial charge in [0, 0.05) is 0 Å². The lowest BCUT2D eigenvalue weighted by Gasteiger charge is -2.09. The molecule has 0 fully saturated rings. The second-order valence-corrected chi connectivity index (χ2v) is 4.47. The molecule has 1 N–H and O–H groups in total. The van der Waals surface area contributed by atoms with Gasteiger partial charge >= 0.3 is 6.02 Å². The summed E-state index contributed by atoms with van der Waals surface area (Å²) < 4.78 is 5.41. The highest BCUT2D eigenvalue weighted by atomic mass is 16.7. The van der Waals surface area contributed by atoms with Crippen molar-refractivity contribution in [1.82, 2.24) is 5.48 Å². The Balaban J connectivity index is 1.71. The molecule has 2 rings (SSSR count). The fraction of sp³-hybridized carbons (Fsp3) is 0.176. The van der Waals surface area contributed by atoms with Crippen LogP contribution in [-0.2, 0) is 11.3 Å². The van der Waals surface area contributed by atoms with Crippen molar-refractivity contribution in [2.75, 3.05) is 6.61 Å². The molecule has 0 aliphatic carbocycles. The normalized spacial score (nSPS) is 10.8. The predicted molar refractivity (Wildman–Crippen MR) is 84.0 cm³/mol. The molecule has 2 aromatic rings. The van der Waals surface area contributed by atoms with Gasteiger partial charge in [0.15, 0.2) is 0 Å². The summed E-state index contributed by atoms with van der Waals surface area (Å²) in [6.45, 7) is 0.484. The van der Waals surface area contributed by atoms with E-state index >= 15 is 0 Å². The van der Waals surface area contributed by atoms with Gasteiger partial charge in [-0.05, 0) is 30.5 Å². The maximum absolute atomic E-state index is 8.65. The van der Waals surface area contributed by atoms with Crippen LogP contribution in [0.15, 0.2) is 65.7 Å². The van der Waals surface area contributed by atoms with Gasteiger partial charge in [0.1, 0.15) is 5.75 Å². The maximum atomic E-state index is 8.65. The summed E-state index contributed by atoms with van der Waals surface area (Å²) in [7, 11) is 0. The van der Waals surface area contributed by atoms with Gasteiger partial charge in [-0.2, -0.15) is 5.26 Å². The number of rotatable bonds is 6. The highest BCUT2D eigenvalue weighted by molar-refractivity contribution is 5.75. The fourth-order valence-electron chi connectivity index (χ4n) is 1.82. The number of aryl methyl sites for hydroxylation is 1. The van der Waals surface area contributed by atoms with Gasteiger partial charge in [-0.25, -0.2) is 5.48 Å². The highest BCUT2D eigenvalue weighted by Crippen LogP contribution is 2.08. The van der Waals surface area contributed by atoms with E-state index in [-0.39, 0.29) is 6.02 Å². The molecule has 0 aliphatic rings. The molecule has 0 radical (unpaired) electrons. The molecule has 2 aromatic carbocycles. The van der Waals surface area contributed by atoms with E-state index in [0.29, 0.717) is 12.4 Å².